The topological polar surface area (TPSA) is 150 Å². The molecule has 0 spiro atoms. The number of rotatable bonds is 11. The molecule has 44 heavy (non-hydrogen) atoms. The number of nitrogens with zero attached hydrogens (tertiary/aromatic N) is 3. The summed E-state index contributed by atoms with van der Waals surface area (Å²) in [7, 11) is -11.4. The first kappa shape index (κ1) is 33.0. The molecule has 2 heterocycles. The summed E-state index contributed by atoms with van der Waals surface area (Å²) in [6.07, 6.45) is 5.51. The van der Waals surface area contributed by atoms with Crippen LogP contribution in [-0.2, 0) is 35.3 Å². The Labute approximate surface area is 261 Å². The molecule has 242 valence electrons. The van der Waals surface area contributed by atoms with Crippen molar-refractivity contribution in [1.82, 2.24) is 14.5 Å². The number of benzene rings is 1. The second kappa shape index (κ2) is 12.1. The standard InChI is InChI=1S/C30H44N4O7S2Si/c1-7-40-42(35,36)18-27(43(37,38)39)24-16-21(17-26(24)41-44(5,6)30(2,3)4)34-15-14-23-28(31-19-32-29(23)34)33-25-13-12-20-10-8-9-11-22(20)25/h8-11,14-15,19,21,24-27H,7,12-13,16-18H2,1-6H3,(H,31,32,33)(H,37,38,39)/t21-,24+,25+,26+,27?/m1/s1. The third-order valence-electron chi connectivity index (χ3n) is 9.65. The zero-order chi connectivity index (χ0) is 32.1. The minimum Gasteiger partial charge on any atom is -0.414 e. The van der Waals surface area contributed by atoms with E-state index in [2.05, 4.69) is 67.3 Å². The largest absolute Gasteiger partial charge is 0.414 e. The monoisotopic (exact) mass is 664 g/mol. The van der Waals surface area contributed by atoms with E-state index in [4.69, 9.17) is 8.61 Å². The van der Waals surface area contributed by atoms with Gasteiger partial charge in [0, 0.05) is 18.2 Å². The minimum absolute atomic E-state index is 0.129. The summed E-state index contributed by atoms with van der Waals surface area (Å²) in [5, 5.41) is 2.67. The lowest BCUT2D eigenvalue weighted by Crippen LogP contribution is -2.48. The molecule has 2 N–H and O–H groups in total. The third kappa shape index (κ3) is 6.75. The van der Waals surface area contributed by atoms with Crippen molar-refractivity contribution >= 4 is 45.4 Å². The third-order valence-corrected chi connectivity index (χ3v) is 17.0. The van der Waals surface area contributed by atoms with Gasteiger partial charge in [-0.15, -0.1) is 0 Å². The highest BCUT2D eigenvalue weighted by Gasteiger charge is 2.50. The highest BCUT2D eigenvalue weighted by Crippen LogP contribution is 2.47. The number of hydrogen-bond acceptors (Lipinski definition) is 9. The van der Waals surface area contributed by atoms with Crippen LogP contribution in [-0.4, -0.2) is 68.0 Å². The number of anilines is 1. The van der Waals surface area contributed by atoms with Gasteiger partial charge in [-0.1, -0.05) is 45.0 Å². The van der Waals surface area contributed by atoms with Crippen LogP contribution in [0.1, 0.15) is 70.2 Å². The number of nitrogens with one attached hydrogen (secondary N) is 1. The van der Waals surface area contributed by atoms with Crippen LogP contribution in [0.4, 0.5) is 5.82 Å². The summed E-state index contributed by atoms with van der Waals surface area (Å²) >= 11 is 0. The summed E-state index contributed by atoms with van der Waals surface area (Å²) < 4.78 is 74.9. The molecule has 2 aromatic heterocycles. The molecule has 2 aliphatic carbocycles. The maximum atomic E-state index is 12.8. The van der Waals surface area contributed by atoms with Gasteiger partial charge in [-0.2, -0.15) is 16.8 Å². The fraction of sp³-hybridized carbons (Fsp3) is 0.600. The Morgan fingerprint density at radius 1 is 1.11 bits per heavy atom. The average molecular weight is 665 g/mol. The molecule has 5 rings (SSSR count). The number of fused-ring (bicyclic) bond motifs is 2. The number of hydrogen-bond donors (Lipinski definition) is 2. The summed E-state index contributed by atoms with van der Waals surface area (Å²) in [6.45, 7) is 11.8. The van der Waals surface area contributed by atoms with E-state index in [-0.39, 0.29) is 30.1 Å². The maximum Gasteiger partial charge on any atom is 0.269 e. The fourth-order valence-electron chi connectivity index (χ4n) is 6.43. The Hall–Kier alpha value is -2.36. The van der Waals surface area contributed by atoms with E-state index in [1.54, 1.807) is 0 Å². The van der Waals surface area contributed by atoms with E-state index in [1.165, 1.54) is 24.4 Å². The summed E-state index contributed by atoms with van der Waals surface area (Å²) in [4.78, 5) is 9.16. The Kier molecular flexibility index (Phi) is 9.08. The molecule has 3 aromatic rings. The van der Waals surface area contributed by atoms with Crippen molar-refractivity contribution in [3.63, 3.8) is 0 Å². The highest BCUT2D eigenvalue weighted by atomic mass is 32.2. The first-order chi connectivity index (χ1) is 20.5. The van der Waals surface area contributed by atoms with Crippen molar-refractivity contribution in [3.8, 4) is 0 Å². The molecule has 1 aromatic carbocycles. The van der Waals surface area contributed by atoms with Crippen molar-refractivity contribution < 1.29 is 30.0 Å². The van der Waals surface area contributed by atoms with Crippen molar-refractivity contribution in [2.24, 2.45) is 5.92 Å². The summed E-state index contributed by atoms with van der Waals surface area (Å²) in [5.74, 6) is -0.913. The van der Waals surface area contributed by atoms with Crippen LogP contribution in [0.2, 0.25) is 18.1 Å². The SMILES string of the molecule is CCOS(=O)(=O)CC([C@H]1C[C@@H](n2ccc3c(N[C@H]4CCc5ccccc54)ncnc32)C[C@@H]1O[Si](C)(C)C(C)(C)C)S(=O)(=O)O. The normalized spacial score (nSPS) is 23.6. The van der Waals surface area contributed by atoms with E-state index >= 15 is 0 Å². The molecule has 1 fully saturated rings. The van der Waals surface area contributed by atoms with Crippen LogP contribution >= 0.6 is 0 Å². The molecule has 0 amide bonds. The Morgan fingerprint density at radius 2 is 1.84 bits per heavy atom. The van der Waals surface area contributed by atoms with Gasteiger partial charge in [0.05, 0.1) is 29.9 Å². The van der Waals surface area contributed by atoms with Gasteiger partial charge in [-0.05, 0) is 67.9 Å². The quantitative estimate of drug-likeness (QED) is 0.153. The van der Waals surface area contributed by atoms with E-state index in [9.17, 15) is 21.4 Å². The van der Waals surface area contributed by atoms with Crippen molar-refractivity contribution in [1.29, 1.82) is 0 Å². The zero-order valence-corrected chi connectivity index (χ0v) is 28.9. The lowest BCUT2D eigenvalue weighted by atomic mass is 10.0. The van der Waals surface area contributed by atoms with Crippen LogP contribution < -0.4 is 5.32 Å². The van der Waals surface area contributed by atoms with Gasteiger partial charge in [0.25, 0.3) is 20.2 Å². The van der Waals surface area contributed by atoms with Crippen molar-refractivity contribution in [2.45, 2.75) is 94.9 Å². The van der Waals surface area contributed by atoms with E-state index in [0.29, 0.717) is 12.1 Å². The van der Waals surface area contributed by atoms with Crippen LogP contribution in [0.25, 0.3) is 11.0 Å². The number of aromatic nitrogens is 3. The first-order valence-corrected chi connectivity index (χ1v) is 21.2. The van der Waals surface area contributed by atoms with Crippen LogP contribution in [0, 0.1) is 5.92 Å². The van der Waals surface area contributed by atoms with Crippen LogP contribution in [0.5, 0.6) is 0 Å². The minimum atomic E-state index is -4.77. The van der Waals surface area contributed by atoms with Gasteiger partial charge in [0.2, 0.25) is 0 Å². The molecule has 11 nitrogen and oxygen atoms in total. The van der Waals surface area contributed by atoms with E-state index in [1.807, 2.05) is 22.9 Å². The molecule has 0 aliphatic heterocycles. The molecule has 0 saturated heterocycles. The highest BCUT2D eigenvalue weighted by molar-refractivity contribution is 7.90. The Morgan fingerprint density at radius 3 is 2.52 bits per heavy atom. The Balaban J connectivity index is 1.49. The van der Waals surface area contributed by atoms with E-state index < -0.39 is 51.6 Å². The summed E-state index contributed by atoms with van der Waals surface area (Å²) in [6, 6.07) is 10.2. The molecule has 14 heteroatoms. The van der Waals surface area contributed by atoms with Gasteiger partial charge >= 0.3 is 0 Å². The Bertz CT molecular complexity index is 1720. The smallest absolute Gasteiger partial charge is 0.269 e. The van der Waals surface area contributed by atoms with Gasteiger partial charge in [-0.25, -0.2) is 9.97 Å². The second-order valence-electron chi connectivity index (χ2n) is 13.5. The second-order valence-corrected chi connectivity index (χ2v) is 21.6. The predicted octanol–water partition coefficient (Wildman–Crippen LogP) is 5.49. The molecule has 0 bridgehead atoms. The van der Waals surface area contributed by atoms with Crippen LogP contribution in [0.3, 0.4) is 0 Å². The first-order valence-electron chi connectivity index (χ1n) is 15.2. The molecule has 5 atom stereocenters. The molecular weight excluding hydrogens is 621 g/mol. The summed E-state index contributed by atoms with van der Waals surface area (Å²) in [5.41, 5.74) is 3.29. The van der Waals surface area contributed by atoms with Gasteiger partial charge in [0.1, 0.15) is 23.0 Å². The molecule has 2 aliphatic rings. The van der Waals surface area contributed by atoms with Gasteiger partial charge < -0.3 is 14.3 Å². The van der Waals surface area contributed by atoms with E-state index in [0.717, 1.165) is 24.0 Å². The predicted molar refractivity (Wildman–Crippen MR) is 173 cm³/mol. The van der Waals surface area contributed by atoms with Gasteiger partial charge in [0.15, 0.2) is 8.32 Å². The fourth-order valence-corrected chi connectivity index (χ4v) is 10.8. The van der Waals surface area contributed by atoms with Crippen LogP contribution in [0.15, 0.2) is 42.9 Å². The molecular formula is C30H44N4O7S2Si. The zero-order valence-electron chi connectivity index (χ0n) is 26.2. The maximum absolute atomic E-state index is 12.8. The number of aryl methyl sites for hydroxylation is 1. The van der Waals surface area contributed by atoms with Gasteiger partial charge in [-0.3, -0.25) is 8.74 Å². The lowest BCUT2D eigenvalue weighted by molar-refractivity contribution is 0.137. The molecule has 0 radical (unpaired) electrons. The average Bonchev–Trinajstić information content (AvgIpc) is 3.63. The van der Waals surface area contributed by atoms with Crippen molar-refractivity contribution in [3.05, 3.63) is 54.0 Å². The van der Waals surface area contributed by atoms with Crippen molar-refractivity contribution in [2.75, 3.05) is 17.7 Å². The lowest BCUT2D eigenvalue weighted by Gasteiger charge is -2.40. The molecule has 1 saturated carbocycles. The molecule has 1 unspecified atom stereocenters.